The minimum absolute atomic E-state index is 0.000814. The molecule has 0 spiro atoms. The van der Waals surface area contributed by atoms with Crippen molar-refractivity contribution in [2.45, 2.75) is 51.7 Å². The van der Waals surface area contributed by atoms with E-state index in [0.29, 0.717) is 37.0 Å². The van der Waals surface area contributed by atoms with Crippen molar-refractivity contribution in [3.05, 3.63) is 40.7 Å². The summed E-state index contributed by atoms with van der Waals surface area (Å²) in [6, 6.07) is 5.78. The van der Waals surface area contributed by atoms with Gasteiger partial charge in [-0.15, -0.1) is 5.10 Å². The maximum absolute atomic E-state index is 12.9. The third-order valence-corrected chi connectivity index (χ3v) is 6.26. The number of amides is 1. The second-order valence-corrected chi connectivity index (χ2v) is 9.04. The Hall–Kier alpha value is -2.81. The number of hydrogen-bond donors (Lipinski definition) is 1. The van der Waals surface area contributed by atoms with Crippen LogP contribution in [-0.4, -0.2) is 45.0 Å². The second-order valence-electron chi connectivity index (χ2n) is 8.26. The monoisotopic (exact) mass is 455 g/mol. The molecule has 1 N–H and O–H groups in total. The van der Waals surface area contributed by atoms with E-state index in [1.165, 1.54) is 11.8 Å². The van der Waals surface area contributed by atoms with Gasteiger partial charge in [-0.05, 0) is 55.7 Å². The molecule has 0 bridgehead atoms. The summed E-state index contributed by atoms with van der Waals surface area (Å²) >= 11 is 1.49. The van der Waals surface area contributed by atoms with E-state index in [9.17, 15) is 4.79 Å². The number of aryl methyl sites for hydroxylation is 2. The summed E-state index contributed by atoms with van der Waals surface area (Å²) in [5.74, 6) is 2.30. The van der Waals surface area contributed by atoms with E-state index >= 15 is 0 Å². The molecular weight excluding hydrogens is 426 g/mol. The van der Waals surface area contributed by atoms with Crippen molar-refractivity contribution in [3.8, 4) is 11.5 Å². The lowest BCUT2D eigenvalue weighted by atomic mass is 9.95. The van der Waals surface area contributed by atoms with Gasteiger partial charge in [0.2, 0.25) is 11.1 Å². The van der Waals surface area contributed by atoms with E-state index in [-0.39, 0.29) is 17.9 Å². The molecule has 0 fully saturated rings. The van der Waals surface area contributed by atoms with Gasteiger partial charge in [0, 0.05) is 17.8 Å². The lowest BCUT2D eigenvalue weighted by Gasteiger charge is -2.25. The van der Waals surface area contributed by atoms with Crippen LogP contribution in [0.25, 0.3) is 5.78 Å². The number of rotatable bonds is 7. The van der Waals surface area contributed by atoms with Crippen LogP contribution >= 0.6 is 11.8 Å². The van der Waals surface area contributed by atoms with E-state index in [1.807, 2.05) is 38.3 Å². The van der Waals surface area contributed by atoms with Gasteiger partial charge in [-0.25, -0.2) is 9.50 Å². The Morgan fingerprint density at radius 3 is 2.66 bits per heavy atom. The standard InChI is InChI=1S/C23H29N5O3S/c1-13(2)21(16-6-8-18-19(12-16)31-11-10-30-18)25-20(29)9-7-17-14(3)24-22-26-23(32-5)27-28(22)15(17)4/h6,8,12-13,21H,7,9-11H2,1-5H3,(H,25,29)/t21-/m0/s1. The van der Waals surface area contributed by atoms with Crippen molar-refractivity contribution in [3.63, 3.8) is 0 Å². The first-order valence-corrected chi connectivity index (χ1v) is 12.1. The van der Waals surface area contributed by atoms with E-state index in [4.69, 9.17) is 9.47 Å². The van der Waals surface area contributed by atoms with E-state index < -0.39 is 0 Å². The topological polar surface area (TPSA) is 90.6 Å². The van der Waals surface area contributed by atoms with Crippen molar-refractivity contribution in [2.24, 2.45) is 5.92 Å². The number of carbonyl (C=O) groups excluding carboxylic acids is 1. The van der Waals surface area contributed by atoms with Crippen LogP contribution in [0.4, 0.5) is 0 Å². The van der Waals surface area contributed by atoms with Gasteiger partial charge < -0.3 is 14.8 Å². The number of aromatic nitrogens is 4. The van der Waals surface area contributed by atoms with Crippen LogP contribution in [0.1, 0.15) is 48.8 Å². The first-order chi connectivity index (χ1) is 15.4. The molecule has 1 atom stereocenters. The molecule has 32 heavy (non-hydrogen) atoms. The summed E-state index contributed by atoms with van der Waals surface area (Å²) in [6.07, 6.45) is 2.90. The minimum atomic E-state index is -0.111. The van der Waals surface area contributed by atoms with Gasteiger partial charge in [0.05, 0.1) is 6.04 Å². The number of hydrogen-bond acceptors (Lipinski definition) is 7. The Kier molecular flexibility index (Phi) is 6.55. The third kappa shape index (κ3) is 4.53. The van der Waals surface area contributed by atoms with Crippen molar-refractivity contribution >= 4 is 23.4 Å². The molecule has 8 nitrogen and oxygen atoms in total. The number of nitrogens with one attached hydrogen (secondary N) is 1. The van der Waals surface area contributed by atoms with Crippen molar-refractivity contribution in [2.75, 3.05) is 19.5 Å². The average molecular weight is 456 g/mol. The fraction of sp³-hybridized carbons (Fsp3) is 0.478. The van der Waals surface area contributed by atoms with Crippen LogP contribution in [0.15, 0.2) is 23.4 Å². The van der Waals surface area contributed by atoms with E-state index in [1.54, 1.807) is 4.52 Å². The summed E-state index contributed by atoms with van der Waals surface area (Å²) in [6.45, 7) is 9.25. The molecule has 0 radical (unpaired) electrons. The second kappa shape index (κ2) is 9.36. The number of thioether (sulfide) groups is 1. The van der Waals surface area contributed by atoms with Crippen LogP contribution in [0.2, 0.25) is 0 Å². The Morgan fingerprint density at radius 1 is 1.19 bits per heavy atom. The normalized spacial score (nSPS) is 14.1. The lowest BCUT2D eigenvalue weighted by molar-refractivity contribution is -0.122. The van der Waals surface area contributed by atoms with Gasteiger partial charge in [0.25, 0.3) is 5.78 Å². The quantitative estimate of drug-likeness (QED) is 0.544. The third-order valence-electron chi connectivity index (χ3n) is 5.72. The summed E-state index contributed by atoms with van der Waals surface area (Å²) in [5.41, 5.74) is 3.90. The predicted molar refractivity (Wildman–Crippen MR) is 124 cm³/mol. The van der Waals surface area contributed by atoms with Crippen molar-refractivity contribution < 1.29 is 14.3 Å². The van der Waals surface area contributed by atoms with Gasteiger partial charge in [-0.3, -0.25) is 4.79 Å². The number of nitrogens with zero attached hydrogens (tertiary/aromatic N) is 4. The Balaban J connectivity index is 1.48. The maximum atomic E-state index is 12.9. The van der Waals surface area contributed by atoms with E-state index in [2.05, 4.69) is 34.2 Å². The molecule has 4 rings (SSSR count). The molecule has 0 saturated heterocycles. The fourth-order valence-corrected chi connectivity index (χ4v) is 4.35. The highest BCUT2D eigenvalue weighted by Gasteiger charge is 2.22. The zero-order chi connectivity index (χ0) is 22.8. The minimum Gasteiger partial charge on any atom is -0.486 e. The smallest absolute Gasteiger partial charge is 0.253 e. The number of ether oxygens (including phenoxy) is 2. The van der Waals surface area contributed by atoms with Crippen molar-refractivity contribution in [1.29, 1.82) is 0 Å². The number of benzene rings is 1. The van der Waals surface area contributed by atoms with Crippen LogP contribution < -0.4 is 14.8 Å². The largest absolute Gasteiger partial charge is 0.486 e. The zero-order valence-electron chi connectivity index (χ0n) is 19.1. The molecular formula is C23H29N5O3S. The lowest BCUT2D eigenvalue weighted by Crippen LogP contribution is -2.32. The number of fused-ring (bicyclic) bond motifs is 2. The van der Waals surface area contributed by atoms with Gasteiger partial charge in [0.1, 0.15) is 13.2 Å². The molecule has 2 aromatic heterocycles. The molecule has 1 aliphatic rings. The maximum Gasteiger partial charge on any atom is 0.253 e. The highest BCUT2D eigenvalue weighted by Crippen LogP contribution is 2.34. The van der Waals surface area contributed by atoms with Crippen molar-refractivity contribution in [1.82, 2.24) is 24.9 Å². The molecule has 1 aromatic carbocycles. The predicted octanol–water partition coefficient (Wildman–Crippen LogP) is 3.68. The number of carbonyl (C=O) groups is 1. The van der Waals surface area contributed by atoms with Crippen LogP contribution in [0.5, 0.6) is 11.5 Å². The highest BCUT2D eigenvalue weighted by atomic mass is 32.2. The average Bonchev–Trinajstić information content (AvgIpc) is 3.20. The summed E-state index contributed by atoms with van der Waals surface area (Å²) in [4.78, 5) is 21.9. The van der Waals surface area contributed by atoms with Gasteiger partial charge in [-0.1, -0.05) is 31.7 Å². The Bertz CT molecular complexity index is 1140. The van der Waals surface area contributed by atoms with E-state index in [0.717, 1.165) is 34.0 Å². The van der Waals surface area contributed by atoms with Crippen LogP contribution in [0, 0.1) is 19.8 Å². The molecule has 3 heterocycles. The summed E-state index contributed by atoms with van der Waals surface area (Å²) < 4.78 is 13.1. The molecule has 9 heteroatoms. The Morgan fingerprint density at radius 2 is 1.94 bits per heavy atom. The summed E-state index contributed by atoms with van der Waals surface area (Å²) in [5, 5.41) is 8.38. The molecule has 0 saturated carbocycles. The highest BCUT2D eigenvalue weighted by molar-refractivity contribution is 7.98. The fourth-order valence-electron chi connectivity index (χ4n) is 4.01. The SMILES string of the molecule is CSc1nc2nc(C)c(CCC(=O)N[C@H](c3ccc4c(c3)OCCO4)C(C)C)c(C)n2n1. The first kappa shape index (κ1) is 22.4. The molecule has 170 valence electrons. The van der Waals surface area contributed by atoms with Gasteiger partial charge in [0.15, 0.2) is 11.5 Å². The molecule has 1 aliphatic heterocycles. The first-order valence-electron chi connectivity index (χ1n) is 10.8. The van der Waals surface area contributed by atoms with Crippen LogP contribution in [-0.2, 0) is 11.2 Å². The molecule has 0 unspecified atom stereocenters. The zero-order valence-corrected chi connectivity index (χ0v) is 20.0. The van der Waals surface area contributed by atoms with Gasteiger partial charge >= 0.3 is 0 Å². The Labute approximate surface area is 192 Å². The van der Waals surface area contributed by atoms with Crippen LogP contribution in [0.3, 0.4) is 0 Å². The molecule has 3 aromatic rings. The molecule has 1 amide bonds. The van der Waals surface area contributed by atoms with Gasteiger partial charge in [-0.2, -0.15) is 4.98 Å². The summed E-state index contributed by atoms with van der Waals surface area (Å²) in [7, 11) is 0. The molecule has 0 aliphatic carbocycles.